The van der Waals surface area contributed by atoms with Gasteiger partial charge in [-0.25, -0.2) is 0 Å². The Labute approximate surface area is 143 Å². The number of nitrogens with zero attached hydrogens (tertiary/aromatic N) is 1. The van der Waals surface area contributed by atoms with Crippen LogP contribution in [0.2, 0.25) is 0 Å². The Bertz CT molecular complexity index is 903. The van der Waals surface area contributed by atoms with Crippen LogP contribution in [-0.2, 0) is 6.42 Å². The highest BCUT2D eigenvalue weighted by Crippen LogP contribution is 2.37. The lowest BCUT2D eigenvalue weighted by molar-refractivity contribution is 0.593. The molecular weight excluding hydrogens is 350 g/mol. The fourth-order valence-electron chi connectivity index (χ4n) is 3.42. The fraction of sp³-hybridized carbons (Fsp3) is 0.211. The van der Waals surface area contributed by atoms with Crippen LogP contribution in [-0.4, -0.2) is 4.98 Å². The van der Waals surface area contributed by atoms with Crippen molar-refractivity contribution in [2.75, 3.05) is 5.32 Å². The molecule has 4 rings (SSSR count). The molecular formula is C19H16BrN3. The second-order valence-electron chi connectivity index (χ2n) is 5.99. The quantitative estimate of drug-likeness (QED) is 0.647. The van der Waals surface area contributed by atoms with E-state index in [9.17, 15) is 0 Å². The Hall–Kier alpha value is -2.25. The van der Waals surface area contributed by atoms with Gasteiger partial charge in [-0.05, 0) is 67.3 Å². The largest absolute Gasteiger partial charge is 0.377 e. The van der Waals surface area contributed by atoms with Gasteiger partial charge in [0.05, 0.1) is 17.7 Å². The lowest BCUT2D eigenvalue weighted by Crippen LogP contribution is -2.17. The molecule has 3 aromatic rings. The zero-order valence-corrected chi connectivity index (χ0v) is 14.2. The molecule has 1 heterocycles. The third-order valence-corrected chi connectivity index (χ3v) is 5.02. The molecule has 0 aliphatic heterocycles. The van der Waals surface area contributed by atoms with Crippen molar-refractivity contribution in [3.05, 3.63) is 63.8 Å². The van der Waals surface area contributed by atoms with E-state index in [0.717, 1.165) is 23.0 Å². The average Bonchev–Trinajstić information content (AvgIpc) is 2.95. The third kappa shape index (κ3) is 2.62. The molecule has 114 valence electrons. The summed E-state index contributed by atoms with van der Waals surface area (Å²) in [6.07, 6.45) is 3.42. The van der Waals surface area contributed by atoms with Gasteiger partial charge in [0.25, 0.3) is 0 Å². The number of fused-ring (bicyclic) bond motifs is 3. The molecule has 23 heavy (non-hydrogen) atoms. The predicted molar refractivity (Wildman–Crippen MR) is 96.5 cm³/mol. The maximum Gasteiger partial charge on any atom is 0.0991 e. The molecule has 0 amide bonds. The number of hydrogen-bond donors (Lipinski definition) is 2. The Morgan fingerprint density at radius 2 is 2.00 bits per heavy atom. The topological polar surface area (TPSA) is 51.6 Å². The van der Waals surface area contributed by atoms with Gasteiger partial charge in [0.1, 0.15) is 0 Å². The van der Waals surface area contributed by atoms with Gasteiger partial charge in [0.15, 0.2) is 0 Å². The van der Waals surface area contributed by atoms with Gasteiger partial charge < -0.3 is 10.3 Å². The summed E-state index contributed by atoms with van der Waals surface area (Å²) in [5.41, 5.74) is 5.68. The molecule has 3 nitrogen and oxygen atoms in total. The highest BCUT2D eigenvalue weighted by molar-refractivity contribution is 9.10. The molecule has 0 fully saturated rings. The first-order valence-corrected chi connectivity index (χ1v) is 8.60. The van der Waals surface area contributed by atoms with Gasteiger partial charge in [0, 0.05) is 26.8 Å². The number of anilines is 1. The van der Waals surface area contributed by atoms with E-state index in [2.05, 4.69) is 50.5 Å². The van der Waals surface area contributed by atoms with Crippen molar-refractivity contribution in [3.8, 4) is 6.07 Å². The molecule has 1 unspecified atom stereocenters. The van der Waals surface area contributed by atoms with Crippen LogP contribution in [0.5, 0.6) is 0 Å². The van der Waals surface area contributed by atoms with Crippen LogP contribution < -0.4 is 5.32 Å². The molecule has 2 N–H and O–H groups in total. The highest BCUT2D eigenvalue weighted by atomic mass is 79.9. The number of H-pyrrole nitrogens is 1. The van der Waals surface area contributed by atoms with Crippen LogP contribution >= 0.6 is 15.9 Å². The molecule has 0 radical (unpaired) electrons. The van der Waals surface area contributed by atoms with Crippen molar-refractivity contribution in [3.63, 3.8) is 0 Å². The zero-order valence-electron chi connectivity index (χ0n) is 12.6. The molecule has 1 aliphatic rings. The zero-order chi connectivity index (χ0) is 15.8. The monoisotopic (exact) mass is 365 g/mol. The first-order valence-electron chi connectivity index (χ1n) is 7.81. The van der Waals surface area contributed by atoms with Gasteiger partial charge in [-0.3, -0.25) is 0 Å². The number of hydrogen-bond acceptors (Lipinski definition) is 2. The van der Waals surface area contributed by atoms with Crippen LogP contribution in [0.15, 0.2) is 46.9 Å². The van der Waals surface area contributed by atoms with Gasteiger partial charge >= 0.3 is 0 Å². The minimum Gasteiger partial charge on any atom is -0.377 e. The molecule has 0 bridgehead atoms. The number of benzene rings is 2. The Morgan fingerprint density at radius 1 is 1.17 bits per heavy atom. The number of aryl methyl sites for hydroxylation is 1. The van der Waals surface area contributed by atoms with Gasteiger partial charge in [-0.15, -0.1) is 0 Å². The summed E-state index contributed by atoms with van der Waals surface area (Å²) in [5, 5.41) is 13.8. The number of rotatable bonds is 2. The van der Waals surface area contributed by atoms with Crippen molar-refractivity contribution in [1.82, 2.24) is 4.98 Å². The average molecular weight is 366 g/mol. The molecule has 1 aliphatic carbocycles. The van der Waals surface area contributed by atoms with E-state index >= 15 is 0 Å². The molecule has 0 spiro atoms. The summed E-state index contributed by atoms with van der Waals surface area (Å²) in [6, 6.07) is 16.5. The summed E-state index contributed by atoms with van der Waals surface area (Å²) in [5.74, 6) is 0. The van der Waals surface area contributed by atoms with Crippen molar-refractivity contribution in [2.45, 2.75) is 25.3 Å². The van der Waals surface area contributed by atoms with E-state index < -0.39 is 0 Å². The first kappa shape index (κ1) is 14.3. The molecule has 1 atom stereocenters. The minimum atomic E-state index is 0.290. The van der Waals surface area contributed by atoms with Crippen LogP contribution in [0.3, 0.4) is 0 Å². The van der Waals surface area contributed by atoms with Gasteiger partial charge in [-0.1, -0.05) is 15.9 Å². The number of aromatic amines is 1. The number of halogens is 1. The summed E-state index contributed by atoms with van der Waals surface area (Å²) < 4.78 is 1.12. The van der Waals surface area contributed by atoms with E-state index in [-0.39, 0.29) is 6.04 Å². The molecule has 0 saturated carbocycles. The third-order valence-electron chi connectivity index (χ3n) is 4.52. The van der Waals surface area contributed by atoms with E-state index in [4.69, 9.17) is 5.26 Å². The molecule has 4 heteroatoms. The Morgan fingerprint density at radius 3 is 2.78 bits per heavy atom. The van der Waals surface area contributed by atoms with Gasteiger partial charge in [0.2, 0.25) is 0 Å². The standard InChI is InChI=1S/C19H16BrN3/c20-13-6-9-17-16(10-13)15-2-1-3-18(19(15)23-17)22-14-7-4-12(11-21)5-8-14/h4-10,18,22-23H,1-3H2. The smallest absolute Gasteiger partial charge is 0.0991 e. The fourth-order valence-corrected chi connectivity index (χ4v) is 3.78. The van der Waals surface area contributed by atoms with Crippen molar-refractivity contribution >= 4 is 32.5 Å². The van der Waals surface area contributed by atoms with E-state index in [0.29, 0.717) is 5.56 Å². The second-order valence-corrected chi connectivity index (χ2v) is 6.90. The van der Waals surface area contributed by atoms with Crippen LogP contribution in [0, 0.1) is 11.3 Å². The van der Waals surface area contributed by atoms with E-state index in [1.165, 1.54) is 28.6 Å². The molecule has 0 saturated heterocycles. The number of nitriles is 1. The maximum absolute atomic E-state index is 8.90. The maximum atomic E-state index is 8.90. The first-order chi connectivity index (χ1) is 11.2. The van der Waals surface area contributed by atoms with Crippen LogP contribution in [0.1, 0.15) is 35.7 Å². The van der Waals surface area contributed by atoms with Crippen molar-refractivity contribution < 1.29 is 0 Å². The Balaban J connectivity index is 1.69. The summed E-state index contributed by atoms with van der Waals surface area (Å²) >= 11 is 3.57. The van der Waals surface area contributed by atoms with E-state index in [1.54, 1.807) is 0 Å². The summed E-state index contributed by atoms with van der Waals surface area (Å²) in [6.45, 7) is 0. The number of aromatic nitrogens is 1. The minimum absolute atomic E-state index is 0.290. The van der Waals surface area contributed by atoms with Crippen LogP contribution in [0.25, 0.3) is 10.9 Å². The lowest BCUT2D eigenvalue weighted by Gasteiger charge is -2.24. The van der Waals surface area contributed by atoms with E-state index in [1.807, 2.05) is 24.3 Å². The normalized spacial score (nSPS) is 16.8. The SMILES string of the molecule is N#Cc1ccc(NC2CCCc3c2[nH]c2ccc(Br)cc32)cc1. The molecule has 1 aromatic heterocycles. The van der Waals surface area contributed by atoms with Crippen molar-refractivity contribution in [1.29, 1.82) is 5.26 Å². The summed E-state index contributed by atoms with van der Waals surface area (Å²) in [7, 11) is 0. The number of nitrogens with one attached hydrogen (secondary N) is 2. The summed E-state index contributed by atoms with van der Waals surface area (Å²) in [4.78, 5) is 3.60. The highest BCUT2D eigenvalue weighted by Gasteiger charge is 2.24. The van der Waals surface area contributed by atoms with Crippen LogP contribution in [0.4, 0.5) is 5.69 Å². The van der Waals surface area contributed by atoms with Gasteiger partial charge in [-0.2, -0.15) is 5.26 Å². The molecule has 2 aromatic carbocycles. The van der Waals surface area contributed by atoms with Crippen molar-refractivity contribution in [2.24, 2.45) is 0 Å². The second kappa shape index (κ2) is 5.75. The Kier molecular flexibility index (Phi) is 3.59. The predicted octanol–water partition coefficient (Wildman–Crippen LogP) is 5.29. The lowest BCUT2D eigenvalue weighted by atomic mass is 9.91.